The molecule has 4 rings (SSSR count). The van der Waals surface area contributed by atoms with Crippen molar-refractivity contribution in [2.45, 2.75) is 55.8 Å². The first-order valence-corrected chi connectivity index (χ1v) is 11.9. The zero-order chi connectivity index (χ0) is 21.0. The second-order valence-electron chi connectivity index (χ2n) is 8.00. The van der Waals surface area contributed by atoms with Gasteiger partial charge in [-0.15, -0.1) is 15.7 Å². The maximum atomic E-state index is 12.9. The number of rotatable bonds is 3. The Morgan fingerprint density at radius 2 is 2.00 bits per heavy atom. The molecule has 0 unspecified atom stereocenters. The summed E-state index contributed by atoms with van der Waals surface area (Å²) in [5, 5.41) is 20.4. The van der Waals surface area contributed by atoms with Crippen LogP contribution in [0.1, 0.15) is 59.3 Å². The van der Waals surface area contributed by atoms with E-state index >= 15 is 0 Å². The number of benzene rings is 1. The molecule has 0 radical (unpaired) electrons. The lowest BCUT2D eigenvalue weighted by atomic mass is 9.98. The highest BCUT2D eigenvalue weighted by Crippen LogP contribution is 2.38. The smallest absolute Gasteiger partial charge is 0.354 e. The molecule has 1 atom stereocenters. The fraction of sp³-hybridized carbons (Fsp3) is 0.400. The van der Waals surface area contributed by atoms with E-state index < -0.39 is 21.5 Å². The number of nitrogens with zero attached hydrogens (tertiary/aromatic N) is 1. The van der Waals surface area contributed by atoms with Crippen molar-refractivity contribution in [2.75, 3.05) is 5.32 Å². The zero-order valence-corrected chi connectivity index (χ0v) is 17.9. The van der Waals surface area contributed by atoms with E-state index in [9.17, 15) is 18.9 Å². The molecule has 7 nitrogen and oxygen atoms in total. The van der Waals surface area contributed by atoms with E-state index in [1.165, 1.54) is 6.07 Å². The zero-order valence-electron chi connectivity index (χ0n) is 16.3. The number of anilines is 1. The van der Waals surface area contributed by atoms with E-state index in [0.29, 0.717) is 29.7 Å². The number of hydrogen-bond acceptors (Lipinski definition) is 5. The Bertz CT molecular complexity index is 1150. The van der Waals surface area contributed by atoms with Crippen molar-refractivity contribution in [3.8, 4) is 0 Å². The molecule has 0 aliphatic heterocycles. The van der Waals surface area contributed by atoms with Gasteiger partial charge in [0.05, 0.1) is 5.60 Å². The summed E-state index contributed by atoms with van der Waals surface area (Å²) in [6.45, 7) is 3.22. The normalized spacial score (nSPS) is 17.6. The van der Waals surface area contributed by atoms with Crippen LogP contribution in [0.2, 0.25) is 0 Å². The van der Waals surface area contributed by atoms with Gasteiger partial charge in [-0.2, -0.15) is 0 Å². The third-order valence-electron chi connectivity index (χ3n) is 5.43. The summed E-state index contributed by atoms with van der Waals surface area (Å²) >= 11 is 1.09. The van der Waals surface area contributed by atoms with E-state index in [2.05, 4.69) is 9.68 Å². The van der Waals surface area contributed by atoms with Gasteiger partial charge in [-0.25, -0.2) is 14.1 Å². The number of urea groups is 1. The fourth-order valence-electron chi connectivity index (χ4n) is 3.91. The summed E-state index contributed by atoms with van der Waals surface area (Å²) in [4.78, 5) is 24.8. The Labute approximate surface area is 173 Å². The molecule has 0 fully saturated rings. The van der Waals surface area contributed by atoms with Gasteiger partial charge >= 0.3 is 6.03 Å². The molecule has 0 bridgehead atoms. The molecule has 0 spiro atoms. The number of fused-ring (bicyclic) bond motifs is 2. The van der Waals surface area contributed by atoms with Crippen molar-refractivity contribution in [3.05, 3.63) is 45.3 Å². The van der Waals surface area contributed by atoms with Crippen LogP contribution in [0.4, 0.5) is 10.5 Å². The summed E-state index contributed by atoms with van der Waals surface area (Å²) in [6, 6.07) is 2.67. The molecule has 2 aliphatic rings. The number of nitrogens with one attached hydrogen (secondary N) is 1. The molecule has 29 heavy (non-hydrogen) atoms. The lowest BCUT2D eigenvalue weighted by molar-refractivity contribution is 0.0789. The van der Waals surface area contributed by atoms with Gasteiger partial charge < -0.3 is 10.4 Å². The quantitative estimate of drug-likeness (QED) is 0.685. The van der Waals surface area contributed by atoms with Crippen LogP contribution in [-0.2, 0) is 34.8 Å². The molecule has 2 aromatic rings. The monoisotopic (exact) mass is 433 g/mol. The van der Waals surface area contributed by atoms with E-state index in [1.54, 1.807) is 19.2 Å². The number of thiophene rings is 1. The van der Waals surface area contributed by atoms with Crippen LogP contribution in [0.25, 0.3) is 0 Å². The van der Waals surface area contributed by atoms with E-state index in [4.69, 9.17) is 5.14 Å². The number of aliphatic hydroxyl groups is 1. The third-order valence-corrected chi connectivity index (χ3v) is 8.29. The van der Waals surface area contributed by atoms with Crippen molar-refractivity contribution in [1.82, 2.24) is 0 Å². The van der Waals surface area contributed by atoms with Crippen LogP contribution >= 0.6 is 11.3 Å². The SMILES string of the molecule is CC(C)(O)c1csc([S@@](N)(=O)=NC(=O)Nc2c3c(cc4c2CCC4=O)CCC3)c1. The molecule has 2 amide bonds. The molecular weight excluding hydrogens is 410 g/mol. The predicted octanol–water partition coefficient (Wildman–Crippen LogP) is 3.53. The standard InChI is InChI=1S/C20H23N3O4S2/c1-20(2,26)12-9-17(28-10-12)29(21,27)23-19(25)22-18-13-5-3-4-11(13)8-15-14(18)6-7-16(15)24/h8-10,26H,3-7H2,1-2H3,(H3,21,22,23,25,27)/t29-/m0/s1. The molecule has 1 heterocycles. The summed E-state index contributed by atoms with van der Waals surface area (Å²) in [7, 11) is -3.45. The largest absolute Gasteiger partial charge is 0.386 e. The molecule has 154 valence electrons. The second-order valence-corrected chi connectivity index (χ2v) is 10.9. The Balaban J connectivity index is 1.67. The number of hydrogen-bond donors (Lipinski definition) is 3. The highest BCUT2D eigenvalue weighted by molar-refractivity contribution is 7.93. The third kappa shape index (κ3) is 3.75. The Hall–Kier alpha value is -2.07. The lowest BCUT2D eigenvalue weighted by Crippen LogP contribution is -2.18. The molecule has 0 saturated heterocycles. The topological polar surface area (TPSA) is 122 Å². The number of carbonyl (C=O) groups excluding carboxylic acids is 2. The van der Waals surface area contributed by atoms with Gasteiger partial charge in [0.15, 0.2) is 15.7 Å². The van der Waals surface area contributed by atoms with Crippen LogP contribution < -0.4 is 10.5 Å². The van der Waals surface area contributed by atoms with Crippen LogP contribution in [0.5, 0.6) is 0 Å². The van der Waals surface area contributed by atoms with Gasteiger partial charge in [0.25, 0.3) is 0 Å². The number of Topliss-reactive ketones (excluding diaryl/α,β-unsaturated/α-hetero) is 1. The van der Waals surface area contributed by atoms with Gasteiger partial charge in [-0.1, -0.05) is 0 Å². The minimum Gasteiger partial charge on any atom is -0.386 e. The number of carbonyl (C=O) groups is 2. The van der Waals surface area contributed by atoms with Crippen LogP contribution in [0.15, 0.2) is 26.1 Å². The van der Waals surface area contributed by atoms with E-state index in [0.717, 1.165) is 47.3 Å². The number of amides is 2. The number of aryl methyl sites for hydroxylation is 1. The van der Waals surface area contributed by atoms with Gasteiger partial charge in [0.2, 0.25) is 0 Å². The first-order valence-electron chi connectivity index (χ1n) is 9.44. The maximum absolute atomic E-state index is 12.9. The molecule has 0 saturated carbocycles. The van der Waals surface area contributed by atoms with E-state index in [-0.39, 0.29) is 9.99 Å². The average Bonchev–Trinajstić information content (AvgIpc) is 3.33. The maximum Gasteiger partial charge on any atom is 0.354 e. The highest BCUT2D eigenvalue weighted by Gasteiger charge is 2.29. The molecule has 1 aromatic carbocycles. The number of ketones is 1. The molecule has 2 aliphatic carbocycles. The van der Waals surface area contributed by atoms with Crippen molar-refractivity contribution >= 4 is 38.8 Å². The molecule has 1 aromatic heterocycles. The fourth-order valence-corrected chi connectivity index (χ4v) is 6.19. The Morgan fingerprint density at radius 1 is 1.24 bits per heavy atom. The molecule has 4 N–H and O–H groups in total. The molecular formula is C20H23N3O4S2. The summed E-state index contributed by atoms with van der Waals surface area (Å²) in [6.07, 6.45) is 3.67. The van der Waals surface area contributed by atoms with Gasteiger partial charge in [-0.05, 0) is 79.3 Å². The number of nitrogens with two attached hydrogens (primary N) is 1. The second kappa shape index (κ2) is 7.02. The van der Waals surface area contributed by atoms with Crippen molar-refractivity contribution in [2.24, 2.45) is 9.50 Å². The Morgan fingerprint density at radius 3 is 2.69 bits per heavy atom. The molecule has 9 heteroatoms. The first kappa shape index (κ1) is 20.2. The van der Waals surface area contributed by atoms with Gasteiger partial charge in [0, 0.05) is 17.7 Å². The highest BCUT2D eigenvalue weighted by atomic mass is 32.2. The van der Waals surface area contributed by atoms with Crippen molar-refractivity contribution in [1.29, 1.82) is 0 Å². The summed E-state index contributed by atoms with van der Waals surface area (Å²) < 4.78 is 16.8. The summed E-state index contributed by atoms with van der Waals surface area (Å²) in [5.74, 6) is 0.0856. The van der Waals surface area contributed by atoms with Crippen LogP contribution in [0, 0.1) is 0 Å². The lowest BCUT2D eigenvalue weighted by Gasteiger charge is -2.15. The minimum absolute atomic E-state index is 0.0856. The summed E-state index contributed by atoms with van der Waals surface area (Å²) in [5.41, 5.74) is 3.70. The minimum atomic E-state index is -3.45. The van der Waals surface area contributed by atoms with E-state index in [1.807, 2.05) is 6.07 Å². The van der Waals surface area contributed by atoms with Crippen molar-refractivity contribution in [3.63, 3.8) is 0 Å². The predicted molar refractivity (Wildman–Crippen MR) is 113 cm³/mol. The first-order chi connectivity index (χ1) is 13.6. The van der Waals surface area contributed by atoms with Crippen LogP contribution in [0.3, 0.4) is 0 Å². The van der Waals surface area contributed by atoms with Crippen LogP contribution in [-0.4, -0.2) is 21.1 Å². The average molecular weight is 434 g/mol. The van der Waals surface area contributed by atoms with Gasteiger partial charge in [0.1, 0.15) is 4.21 Å². The van der Waals surface area contributed by atoms with Crippen molar-refractivity contribution < 1.29 is 18.9 Å². The van der Waals surface area contributed by atoms with Gasteiger partial charge in [-0.3, -0.25) is 4.79 Å². The Kier molecular flexibility index (Phi) is 4.89.